The molecule has 0 aliphatic heterocycles. The Kier molecular flexibility index (Phi) is 9.85. The number of nitrogens with two attached hydrogens (primary N) is 1. The summed E-state index contributed by atoms with van der Waals surface area (Å²) in [6.45, 7) is 0.150. The van der Waals surface area contributed by atoms with Crippen molar-refractivity contribution in [2.24, 2.45) is 5.73 Å². The summed E-state index contributed by atoms with van der Waals surface area (Å²) in [4.78, 5) is 34.3. The second-order valence-electron chi connectivity index (χ2n) is 9.68. The van der Waals surface area contributed by atoms with E-state index in [1.165, 1.54) is 0 Å². The maximum atomic E-state index is 12.3. The third-order valence-corrected chi connectivity index (χ3v) is 6.83. The van der Waals surface area contributed by atoms with Gasteiger partial charge in [-0.05, 0) is 39.8 Å². The summed E-state index contributed by atoms with van der Waals surface area (Å²) in [5.41, 5.74) is 11.6. The molecule has 0 saturated heterocycles. The quantitative estimate of drug-likeness (QED) is 0.233. The molecule has 8 heteroatoms. The maximum Gasteiger partial charge on any atom is 0.407 e. The molecule has 0 unspecified atom stereocenters. The Hall–Kier alpha value is -4.95. The number of nitrogens with one attached hydrogen (secondary N) is 1. The number of rotatable bonds is 9. The Morgan fingerprint density at radius 1 is 0.683 bits per heavy atom. The zero-order valence-electron chi connectivity index (χ0n) is 22.4. The number of carbonyl (C=O) groups is 3. The second kappa shape index (κ2) is 13.9. The molecular weight excluding hydrogens is 520 g/mol. The van der Waals surface area contributed by atoms with Crippen LogP contribution >= 0.6 is 0 Å². The Morgan fingerprint density at radius 2 is 1.15 bits per heavy atom. The third kappa shape index (κ3) is 7.80. The number of alkyl carbamates (subject to hydrolysis) is 1. The normalized spacial score (nSPS) is 13.0. The van der Waals surface area contributed by atoms with Crippen LogP contribution in [0.5, 0.6) is 0 Å². The van der Waals surface area contributed by atoms with Crippen molar-refractivity contribution in [1.29, 1.82) is 0 Å². The van der Waals surface area contributed by atoms with E-state index in [9.17, 15) is 19.5 Å². The number of carboxylic acids is 2. The van der Waals surface area contributed by atoms with Crippen LogP contribution in [0.1, 0.15) is 28.2 Å². The molecule has 41 heavy (non-hydrogen) atoms. The summed E-state index contributed by atoms with van der Waals surface area (Å²) in [6.07, 6.45) is -0.147. The van der Waals surface area contributed by atoms with Crippen molar-refractivity contribution in [3.8, 4) is 11.1 Å². The molecule has 2 atom stereocenters. The van der Waals surface area contributed by atoms with Crippen LogP contribution in [0.15, 0.2) is 109 Å². The van der Waals surface area contributed by atoms with E-state index in [2.05, 4.69) is 17.4 Å². The highest BCUT2D eigenvalue weighted by atomic mass is 16.5. The Morgan fingerprint density at radius 3 is 1.63 bits per heavy atom. The van der Waals surface area contributed by atoms with Crippen LogP contribution in [0.3, 0.4) is 0 Å². The van der Waals surface area contributed by atoms with Gasteiger partial charge in [-0.3, -0.25) is 4.79 Å². The molecule has 210 valence electrons. The lowest BCUT2D eigenvalue weighted by atomic mass is 9.98. The van der Waals surface area contributed by atoms with Crippen LogP contribution in [0.4, 0.5) is 4.79 Å². The highest BCUT2D eigenvalue weighted by molar-refractivity contribution is 5.81. The number of benzene rings is 4. The average molecular weight is 553 g/mol. The van der Waals surface area contributed by atoms with Crippen molar-refractivity contribution in [3.63, 3.8) is 0 Å². The van der Waals surface area contributed by atoms with Gasteiger partial charge < -0.3 is 26.0 Å². The molecule has 0 radical (unpaired) electrons. The molecule has 0 saturated carbocycles. The third-order valence-electron chi connectivity index (χ3n) is 6.83. The van der Waals surface area contributed by atoms with E-state index in [-0.39, 0.29) is 18.9 Å². The van der Waals surface area contributed by atoms with Crippen LogP contribution < -0.4 is 11.1 Å². The fraction of sp³-hybridized carbons (Fsp3) is 0.182. The van der Waals surface area contributed by atoms with Crippen molar-refractivity contribution < 1.29 is 29.3 Å². The van der Waals surface area contributed by atoms with E-state index >= 15 is 0 Å². The molecule has 0 bridgehead atoms. The van der Waals surface area contributed by atoms with E-state index in [1.807, 2.05) is 97.1 Å². The molecule has 0 fully saturated rings. The number of fused-ring (bicyclic) bond motifs is 3. The number of carbonyl (C=O) groups excluding carboxylic acids is 1. The summed E-state index contributed by atoms with van der Waals surface area (Å²) in [5.74, 6) is -2.12. The first-order valence-corrected chi connectivity index (χ1v) is 13.2. The van der Waals surface area contributed by atoms with Crippen LogP contribution in [0.25, 0.3) is 11.1 Å². The van der Waals surface area contributed by atoms with Gasteiger partial charge in [-0.1, -0.05) is 109 Å². The highest BCUT2D eigenvalue weighted by Crippen LogP contribution is 2.44. The summed E-state index contributed by atoms with van der Waals surface area (Å²) < 4.78 is 5.44. The fourth-order valence-corrected chi connectivity index (χ4v) is 4.79. The van der Waals surface area contributed by atoms with Crippen LogP contribution in [-0.2, 0) is 27.2 Å². The first kappa shape index (κ1) is 29.0. The molecule has 0 aromatic heterocycles. The van der Waals surface area contributed by atoms with Gasteiger partial charge in [0.05, 0.1) is 0 Å². The summed E-state index contributed by atoms with van der Waals surface area (Å²) >= 11 is 0. The molecule has 1 aliphatic carbocycles. The van der Waals surface area contributed by atoms with Crippen LogP contribution in [0, 0.1) is 0 Å². The smallest absolute Gasteiger partial charge is 0.407 e. The molecule has 5 N–H and O–H groups in total. The maximum absolute atomic E-state index is 12.3. The van der Waals surface area contributed by atoms with Gasteiger partial charge in [-0.2, -0.15) is 0 Å². The van der Waals surface area contributed by atoms with E-state index in [1.54, 1.807) is 0 Å². The second-order valence-corrected chi connectivity index (χ2v) is 9.68. The number of amides is 1. The lowest BCUT2D eigenvalue weighted by Gasteiger charge is -2.17. The van der Waals surface area contributed by atoms with E-state index in [0.29, 0.717) is 6.42 Å². The van der Waals surface area contributed by atoms with Crippen LogP contribution in [0.2, 0.25) is 0 Å². The van der Waals surface area contributed by atoms with Crippen molar-refractivity contribution in [2.75, 3.05) is 6.61 Å². The first-order chi connectivity index (χ1) is 19.8. The molecular formula is C33H32N2O6. The molecule has 0 heterocycles. The molecule has 1 amide bonds. The van der Waals surface area contributed by atoms with E-state index in [4.69, 9.17) is 15.6 Å². The molecule has 4 aromatic carbocycles. The van der Waals surface area contributed by atoms with Crippen molar-refractivity contribution in [1.82, 2.24) is 5.32 Å². The molecule has 4 aromatic rings. The van der Waals surface area contributed by atoms with Gasteiger partial charge in [0, 0.05) is 12.3 Å². The number of hydrogen-bond acceptors (Lipinski definition) is 5. The Labute approximate surface area is 238 Å². The lowest BCUT2D eigenvalue weighted by Crippen LogP contribution is -2.42. The average Bonchev–Trinajstić information content (AvgIpc) is 3.30. The minimum Gasteiger partial charge on any atom is -0.480 e. The molecule has 0 spiro atoms. The van der Waals surface area contributed by atoms with Gasteiger partial charge in [0.25, 0.3) is 0 Å². The number of ether oxygens (including phenoxy) is 1. The highest BCUT2D eigenvalue weighted by Gasteiger charge is 2.29. The van der Waals surface area contributed by atoms with Crippen molar-refractivity contribution in [2.45, 2.75) is 30.8 Å². The Bertz CT molecular complexity index is 1430. The summed E-state index contributed by atoms with van der Waals surface area (Å²) in [7, 11) is 0. The number of carboxylic acid groups (broad SMARTS) is 2. The molecule has 1 aliphatic rings. The van der Waals surface area contributed by atoms with Gasteiger partial charge in [0.15, 0.2) is 0 Å². The minimum atomic E-state index is -1.10. The van der Waals surface area contributed by atoms with Gasteiger partial charge in [0.1, 0.15) is 18.7 Å². The zero-order chi connectivity index (χ0) is 29.2. The van der Waals surface area contributed by atoms with Gasteiger partial charge in [-0.15, -0.1) is 0 Å². The predicted molar refractivity (Wildman–Crippen MR) is 156 cm³/mol. The standard InChI is InChI=1S/C24H21NO4.C9H11NO2/c26-23(27)22(14-16-8-2-1-3-9-16)25-24(28)29-15-21-19-12-6-4-10-17(19)18-11-5-7-13-20(18)21;10-8(9(11)12)6-7-4-2-1-3-5-7/h1-13,21-22H,14-15H2,(H,25,28)(H,26,27);1-5,8H,6,10H2,(H,11,12)/t22-;8-/m00/s1. The number of aliphatic carboxylic acids is 2. The lowest BCUT2D eigenvalue weighted by molar-refractivity contribution is -0.139. The molecule has 8 nitrogen and oxygen atoms in total. The predicted octanol–water partition coefficient (Wildman–Crippen LogP) is 4.86. The van der Waals surface area contributed by atoms with Gasteiger partial charge in [0.2, 0.25) is 0 Å². The zero-order valence-corrected chi connectivity index (χ0v) is 22.4. The number of hydrogen-bond donors (Lipinski definition) is 4. The first-order valence-electron chi connectivity index (χ1n) is 13.2. The fourth-order valence-electron chi connectivity index (χ4n) is 4.79. The Balaban J connectivity index is 0.000000271. The minimum absolute atomic E-state index is 0.0643. The van der Waals surface area contributed by atoms with Crippen molar-refractivity contribution >= 4 is 18.0 Å². The molecule has 5 rings (SSSR count). The van der Waals surface area contributed by atoms with Crippen molar-refractivity contribution in [3.05, 3.63) is 131 Å². The van der Waals surface area contributed by atoms with Crippen LogP contribution in [-0.4, -0.2) is 46.9 Å². The van der Waals surface area contributed by atoms with E-state index in [0.717, 1.165) is 33.4 Å². The summed E-state index contributed by atoms with van der Waals surface area (Å²) in [6, 6.07) is 32.8. The SMILES string of the molecule is N[C@@H](Cc1ccccc1)C(=O)O.O=C(N[C@@H](Cc1ccccc1)C(=O)O)OCC1c2ccccc2-c2ccccc21. The van der Waals surface area contributed by atoms with Gasteiger partial charge in [-0.25, -0.2) is 9.59 Å². The monoisotopic (exact) mass is 552 g/mol. The van der Waals surface area contributed by atoms with Gasteiger partial charge >= 0.3 is 18.0 Å². The summed E-state index contributed by atoms with van der Waals surface area (Å²) in [5, 5.41) is 20.4. The largest absolute Gasteiger partial charge is 0.480 e. The van der Waals surface area contributed by atoms with E-state index < -0.39 is 30.1 Å². The topological polar surface area (TPSA) is 139 Å².